The highest BCUT2D eigenvalue weighted by Gasteiger charge is 2.18. The first-order chi connectivity index (χ1) is 9.70. The van der Waals surface area contributed by atoms with Crippen LogP contribution >= 0.6 is 11.6 Å². The van der Waals surface area contributed by atoms with E-state index in [1.807, 2.05) is 6.07 Å². The van der Waals surface area contributed by atoms with E-state index >= 15 is 0 Å². The van der Waals surface area contributed by atoms with Crippen LogP contribution < -0.4 is 0 Å². The molecule has 0 atom stereocenters. The van der Waals surface area contributed by atoms with Crippen molar-refractivity contribution in [3.8, 4) is 6.07 Å². The lowest BCUT2D eigenvalue weighted by molar-refractivity contribution is 0.0729. The first-order valence-corrected chi connectivity index (χ1v) is 6.24. The third-order valence-corrected chi connectivity index (χ3v) is 2.74. The normalized spacial score (nSPS) is 10.0. The highest BCUT2D eigenvalue weighted by atomic mass is 35.5. The molecule has 20 heavy (non-hydrogen) atoms. The number of rotatable bonds is 5. The molecule has 0 aliphatic heterocycles. The number of halogens is 1. The van der Waals surface area contributed by atoms with Crippen LogP contribution in [0.3, 0.4) is 0 Å². The van der Waals surface area contributed by atoms with Crippen molar-refractivity contribution in [2.24, 2.45) is 0 Å². The third kappa shape index (κ3) is 3.56. The number of nitrogens with zero attached hydrogens (tertiary/aromatic N) is 4. The summed E-state index contributed by atoms with van der Waals surface area (Å²) in [6.07, 6.45) is 4.38. The Morgan fingerprint density at radius 2 is 2.30 bits per heavy atom. The fourth-order valence-corrected chi connectivity index (χ4v) is 1.71. The summed E-state index contributed by atoms with van der Waals surface area (Å²) >= 11 is 5.64. The second kappa shape index (κ2) is 6.68. The quantitative estimate of drug-likeness (QED) is 0.843. The first kappa shape index (κ1) is 14.0. The average molecular weight is 291 g/mol. The zero-order chi connectivity index (χ0) is 14.4. The van der Waals surface area contributed by atoms with Gasteiger partial charge in [-0.1, -0.05) is 11.6 Å². The second-order valence-electron chi connectivity index (χ2n) is 3.94. The monoisotopic (exact) mass is 290 g/mol. The van der Waals surface area contributed by atoms with E-state index in [2.05, 4.69) is 9.97 Å². The number of furan rings is 1. The van der Waals surface area contributed by atoms with E-state index in [1.54, 1.807) is 12.1 Å². The molecule has 1 amide bonds. The fourth-order valence-electron chi connectivity index (χ4n) is 1.61. The van der Waals surface area contributed by atoms with Crippen LogP contribution in [0.4, 0.5) is 0 Å². The van der Waals surface area contributed by atoms with Crippen LogP contribution in [0, 0.1) is 11.3 Å². The Hall–Kier alpha value is -2.39. The Morgan fingerprint density at radius 1 is 1.45 bits per heavy atom. The van der Waals surface area contributed by atoms with Crippen molar-refractivity contribution in [2.75, 3.05) is 6.54 Å². The van der Waals surface area contributed by atoms with Gasteiger partial charge in [0.15, 0.2) is 0 Å². The van der Waals surface area contributed by atoms with Crippen molar-refractivity contribution in [3.63, 3.8) is 0 Å². The lowest BCUT2D eigenvalue weighted by atomic mass is 10.3. The largest absolute Gasteiger partial charge is 0.467 e. The SMILES string of the molecule is N#CCCN(Cc1ccco1)C(=O)c1cnc(Cl)cn1. The molecule has 7 heteroatoms. The summed E-state index contributed by atoms with van der Waals surface area (Å²) in [5, 5.41) is 8.89. The molecule has 0 aromatic carbocycles. The van der Waals surface area contributed by atoms with E-state index in [0.29, 0.717) is 12.3 Å². The van der Waals surface area contributed by atoms with Gasteiger partial charge in [-0.3, -0.25) is 4.79 Å². The summed E-state index contributed by atoms with van der Waals surface area (Å²) in [4.78, 5) is 21.6. The molecule has 102 valence electrons. The van der Waals surface area contributed by atoms with Crippen LogP contribution in [0.25, 0.3) is 0 Å². The Bertz CT molecular complexity index is 604. The predicted octanol–water partition coefficient (Wildman–Crippen LogP) is 2.28. The molecule has 6 nitrogen and oxygen atoms in total. The Balaban J connectivity index is 2.15. The summed E-state index contributed by atoms with van der Waals surface area (Å²) in [5.41, 5.74) is 0.180. The zero-order valence-electron chi connectivity index (χ0n) is 10.5. The van der Waals surface area contributed by atoms with Gasteiger partial charge in [0.05, 0.1) is 37.7 Å². The molecule has 2 aromatic heterocycles. The topological polar surface area (TPSA) is 83.0 Å². The molecule has 2 rings (SSSR count). The minimum atomic E-state index is -0.319. The van der Waals surface area contributed by atoms with Crippen LogP contribution in [0.1, 0.15) is 22.7 Å². The maximum Gasteiger partial charge on any atom is 0.274 e. The van der Waals surface area contributed by atoms with Crippen LogP contribution in [-0.4, -0.2) is 27.3 Å². The lowest BCUT2D eigenvalue weighted by Crippen LogP contribution is -2.32. The van der Waals surface area contributed by atoms with E-state index in [0.717, 1.165) is 0 Å². The molecule has 2 aromatic rings. The molecule has 0 spiro atoms. The Kier molecular flexibility index (Phi) is 4.69. The number of hydrogen-bond acceptors (Lipinski definition) is 5. The lowest BCUT2D eigenvalue weighted by Gasteiger charge is -2.19. The Morgan fingerprint density at radius 3 is 2.90 bits per heavy atom. The van der Waals surface area contributed by atoms with Gasteiger partial charge in [0.1, 0.15) is 16.6 Å². The number of carbonyl (C=O) groups is 1. The van der Waals surface area contributed by atoms with Gasteiger partial charge in [-0.15, -0.1) is 0 Å². The minimum absolute atomic E-state index is 0.180. The third-order valence-electron chi connectivity index (χ3n) is 2.55. The summed E-state index contributed by atoms with van der Waals surface area (Å²) in [5.74, 6) is 0.319. The maximum atomic E-state index is 12.3. The van der Waals surface area contributed by atoms with Crippen molar-refractivity contribution in [3.05, 3.63) is 47.4 Å². The standard InChI is InChI=1S/C13H11ClN4O2/c14-12-8-16-11(7-17-12)13(19)18(5-2-4-15)9-10-3-1-6-20-10/h1,3,6-8H,2,5,9H2. The van der Waals surface area contributed by atoms with Crippen molar-refractivity contribution in [2.45, 2.75) is 13.0 Å². The highest BCUT2D eigenvalue weighted by molar-refractivity contribution is 6.29. The van der Waals surface area contributed by atoms with Crippen molar-refractivity contribution < 1.29 is 9.21 Å². The van der Waals surface area contributed by atoms with Gasteiger partial charge in [0, 0.05) is 6.54 Å². The van der Waals surface area contributed by atoms with E-state index in [4.69, 9.17) is 21.3 Å². The maximum absolute atomic E-state index is 12.3. The van der Waals surface area contributed by atoms with Crippen molar-refractivity contribution >= 4 is 17.5 Å². The Labute approximate surface area is 120 Å². The minimum Gasteiger partial charge on any atom is -0.467 e. The van der Waals surface area contributed by atoms with E-state index in [-0.39, 0.29) is 29.7 Å². The summed E-state index contributed by atoms with van der Waals surface area (Å²) < 4.78 is 5.22. The highest BCUT2D eigenvalue weighted by Crippen LogP contribution is 2.10. The van der Waals surface area contributed by atoms with E-state index in [1.165, 1.54) is 23.6 Å². The molecule has 0 saturated carbocycles. The number of aromatic nitrogens is 2. The molecule has 2 heterocycles. The van der Waals surface area contributed by atoms with Crippen LogP contribution in [0.5, 0.6) is 0 Å². The molecule has 0 aliphatic carbocycles. The molecular formula is C13H11ClN4O2. The van der Waals surface area contributed by atoms with Gasteiger partial charge >= 0.3 is 0 Å². The van der Waals surface area contributed by atoms with Crippen LogP contribution in [-0.2, 0) is 6.54 Å². The van der Waals surface area contributed by atoms with Crippen molar-refractivity contribution in [1.82, 2.24) is 14.9 Å². The number of amides is 1. The number of nitriles is 1. The summed E-state index contributed by atoms with van der Waals surface area (Å²) in [6.45, 7) is 0.568. The molecule has 0 unspecified atom stereocenters. The molecule has 0 saturated heterocycles. The molecule has 0 fully saturated rings. The van der Waals surface area contributed by atoms with Gasteiger partial charge in [-0.25, -0.2) is 9.97 Å². The zero-order valence-corrected chi connectivity index (χ0v) is 11.2. The summed E-state index contributed by atoms with van der Waals surface area (Å²) in [6, 6.07) is 5.52. The smallest absolute Gasteiger partial charge is 0.274 e. The molecular weight excluding hydrogens is 280 g/mol. The number of hydrogen-bond donors (Lipinski definition) is 0. The molecule has 0 bridgehead atoms. The summed E-state index contributed by atoms with van der Waals surface area (Å²) in [7, 11) is 0. The predicted molar refractivity (Wildman–Crippen MR) is 70.7 cm³/mol. The van der Waals surface area contributed by atoms with Gasteiger partial charge in [-0.05, 0) is 12.1 Å². The van der Waals surface area contributed by atoms with Gasteiger partial charge in [0.25, 0.3) is 5.91 Å². The van der Waals surface area contributed by atoms with Crippen LogP contribution in [0.15, 0.2) is 35.2 Å². The fraction of sp³-hybridized carbons (Fsp3) is 0.231. The van der Waals surface area contributed by atoms with Gasteiger partial charge in [-0.2, -0.15) is 5.26 Å². The number of carbonyl (C=O) groups excluding carboxylic acids is 1. The van der Waals surface area contributed by atoms with Crippen molar-refractivity contribution in [1.29, 1.82) is 5.26 Å². The first-order valence-electron chi connectivity index (χ1n) is 5.87. The average Bonchev–Trinajstić information content (AvgIpc) is 2.96. The van der Waals surface area contributed by atoms with Gasteiger partial charge in [0.2, 0.25) is 0 Å². The van der Waals surface area contributed by atoms with Crippen LogP contribution in [0.2, 0.25) is 5.15 Å². The molecule has 0 N–H and O–H groups in total. The molecule has 0 radical (unpaired) electrons. The van der Waals surface area contributed by atoms with Gasteiger partial charge < -0.3 is 9.32 Å². The van der Waals surface area contributed by atoms with E-state index in [9.17, 15) is 4.79 Å². The second-order valence-corrected chi connectivity index (χ2v) is 4.33. The van der Waals surface area contributed by atoms with E-state index < -0.39 is 0 Å². The molecule has 0 aliphatic rings.